The standard InChI is InChI=1S/C16H16ClN3O/c17-12-7-3-9-14(15(12)16(18)19-21)20-10-4-6-11-5-1-2-8-13(11)20/h1-3,5,7-9,21H,4,6,10H2,(H2,18,19). The van der Waals surface area contributed by atoms with Crippen LogP contribution in [0.15, 0.2) is 47.6 Å². The van der Waals surface area contributed by atoms with Crippen LogP contribution in [0.2, 0.25) is 5.02 Å². The van der Waals surface area contributed by atoms with Crippen molar-refractivity contribution in [2.24, 2.45) is 10.9 Å². The fraction of sp³-hybridized carbons (Fsp3) is 0.188. The first kappa shape index (κ1) is 13.8. The van der Waals surface area contributed by atoms with Gasteiger partial charge in [0.1, 0.15) is 0 Å². The van der Waals surface area contributed by atoms with Gasteiger partial charge < -0.3 is 15.8 Å². The average molecular weight is 302 g/mol. The van der Waals surface area contributed by atoms with Gasteiger partial charge in [0.25, 0.3) is 0 Å². The van der Waals surface area contributed by atoms with Crippen molar-refractivity contribution in [2.45, 2.75) is 12.8 Å². The molecular weight excluding hydrogens is 286 g/mol. The van der Waals surface area contributed by atoms with Crippen LogP contribution in [0.4, 0.5) is 11.4 Å². The SMILES string of the molecule is NC(=NO)c1c(Cl)cccc1N1CCCc2ccccc21. The molecule has 0 radical (unpaired) electrons. The largest absolute Gasteiger partial charge is 0.409 e. The molecule has 2 aromatic rings. The molecule has 0 saturated carbocycles. The summed E-state index contributed by atoms with van der Waals surface area (Å²) < 4.78 is 0. The Bertz CT molecular complexity index is 700. The number of nitrogens with two attached hydrogens (primary N) is 1. The topological polar surface area (TPSA) is 61.9 Å². The lowest BCUT2D eigenvalue weighted by Gasteiger charge is -2.32. The van der Waals surface area contributed by atoms with Gasteiger partial charge in [0.05, 0.1) is 16.3 Å². The van der Waals surface area contributed by atoms with Crippen LogP contribution in [-0.4, -0.2) is 17.6 Å². The van der Waals surface area contributed by atoms with Crippen molar-refractivity contribution >= 4 is 28.8 Å². The van der Waals surface area contributed by atoms with Crippen molar-refractivity contribution < 1.29 is 5.21 Å². The van der Waals surface area contributed by atoms with Gasteiger partial charge >= 0.3 is 0 Å². The molecule has 5 heteroatoms. The lowest BCUT2D eigenvalue weighted by Crippen LogP contribution is -2.27. The molecule has 21 heavy (non-hydrogen) atoms. The van der Waals surface area contributed by atoms with E-state index < -0.39 is 0 Å². The van der Waals surface area contributed by atoms with E-state index in [0.717, 1.165) is 30.8 Å². The van der Waals surface area contributed by atoms with Crippen LogP contribution in [-0.2, 0) is 6.42 Å². The van der Waals surface area contributed by atoms with Gasteiger partial charge in [-0.05, 0) is 36.6 Å². The zero-order chi connectivity index (χ0) is 14.8. The molecule has 1 heterocycles. The first-order valence-corrected chi connectivity index (χ1v) is 7.22. The third kappa shape index (κ3) is 2.43. The highest BCUT2D eigenvalue weighted by Gasteiger charge is 2.22. The van der Waals surface area contributed by atoms with Crippen molar-refractivity contribution in [1.82, 2.24) is 0 Å². The van der Waals surface area contributed by atoms with Crippen LogP contribution in [0.5, 0.6) is 0 Å². The second kappa shape index (κ2) is 5.66. The highest BCUT2D eigenvalue weighted by atomic mass is 35.5. The van der Waals surface area contributed by atoms with Gasteiger partial charge in [0.2, 0.25) is 0 Å². The molecule has 3 N–H and O–H groups in total. The minimum Gasteiger partial charge on any atom is -0.409 e. The van der Waals surface area contributed by atoms with Crippen LogP contribution >= 0.6 is 11.6 Å². The molecule has 0 atom stereocenters. The molecule has 3 rings (SSSR count). The van der Waals surface area contributed by atoms with Crippen LogP contribution in [0.3, 0.4) is 0 Å². The molecule has 108 valence electrons. The Morgan fingerprint density at radius 3 is 2.71 bits per heavy atom. The Kier molecular flexibility index (Phi) is 3.71. The van der Waals surface area contributed by atoms with Gasteiger partial charge in [-0.25, -0.2) is 0 Å². The van der Waals surface area contributed by atoms with Gasteiger partial charge in [-0.15, -0.1) is 0 Å². The molecule has 0 unspecified atom stereocenters. The molecule has 1 aliphatic heterocycles. The average Bonchev–Trinajstić information content (AvgIpc) is 2.53. The lowest BCUT2D eigenvalue weighted by atomic mass is 10.00. The molecule has 0 aromatic heterocycles. The third-order valence-corrected chi connectivity index (χ3v) is 4.07. The van der Waals surface area contributed by atoms with E-state index in [2.05, 4.69) is 22.2 Å². The number of para-hydroxylation sites is 1. The number of anilines is 2. The van der Waals surface area contributed by atoms with Gasteiger partial charge in [-0.3, -0.25) is 0 Å². The van der Waals surface area contributed by atoms with Crippen molar-refractivity contribution in [2.75, 3.05) is 11.4 Å². The summed E-state index contributed by atoms with van der Waals surface area (Å²) in [5.41, 5.74) is 9.70. The number of nitrogens with zero attached hydrogens (tertiary/aromatic N) is 2. The Balaban J connectivity index is 2.17. The molecule has 0 spiro atoms. The van der Waals surface area contributed by atoms with Crippen molar-refractivity contribution in [3.8, 4) is 0 Å². The summed E-state index contributed by atoms with van der Waals surface area (Å²) in [4.78, 5) is 2.18. The fourth-order valence-corrected chi connectivity index (χ4v) is 3.09. The Morgan fingerprint density at radius 1 is 1.14 bits per heavy atom. The molecular formula is C16H16ClN3O. The minimum absolute atomic E-state index is 0.0265. The maximum absolute atomic E-state index is 9.02. The number of hydrogen-bond acceptors (Lipinski definition) is 3. The van der Waals surface area contributed by atoms with Crippen LogP contribution < -0.4 is 10.6 Å². The van der Waals surface area contributed by atoms with Crippen LogP contribution in [0, 0.1) is 0 Å². The number of fused-ring (bicyclic) bond motifs is 1. The number of rotatable bonds is 2. The highest BCUT2D eigenvalue weighted by Crippen LogP contribution is 2.37. The number of benzene rings is 2. The second-order valence-corrected chi connectivity index (χ2v) is 5.41. The van der Waals surface area contributed by atoms with E-state index in [-0.39, 0.29) is 5.84 Å². The summed E-state index contributed by atoms with van der Waals surface area (Å²) in [6.45, 7) is 0.878. The van der Waals surface area contributed by atoms with E-state index in [1.807, 2.05) is 24.3 Å². The predicted octanol–water partition coefficient (Wildman–Crippen LogP) is 3.52. The monoisotopic (exact) mass is 301 g/mol. The van der Waals surface area contributed by atoms with Gasteiger partial charge in [0.15, 0.2) is 5.84 Å². The third-order valence-electron chi connectivity index (χ3n) is 3.76. The number of amidine groups is 1. The van der Waals surface area contributed by atoms with Gasteiger partial charge in [-0.1, -0.05) is 41.0 Å². The van der Waals surface area contributed by atoms with Crippen molar-refractivity contribution in [1.29, 1.82) is 0 Å². The number of halogens is 1. The maximum atomic E-state index is 9.02. The predicted molar refractivity (Wildman–Crippen MR) is 85.7 cm³/mol. The molecule has 0 fully saturated rings. The van der Waals surface area contributed by atoms with E-state index in [9.17, 15) is 0 Å². The number of hydrogen-bond donors (Lipinski definition) is 2. The van der Waals surface area contributed by atoms with Crippen LogP contribution in [0.25, 0.3) is 0 Å². The van der Waals surface area contributed by atoms with E-state index in [0.29, 0.717) is 10.6 Å². The first-order valence-electron chi connectivity index (χ1n) is 6.84. The molecule has 2 aromatic carbocycles. The summed E-state index contributed by atoms with van der Waals surface area (Å²) in [7, 11) is 0. The Labute approximate surface area is 128 Å². The van der Waals surface area contributed by atoms with Crippen molar-refractivity contribution in [3.05, 3.63) is 58.6 Å². The number of oxime groups is 1. The lowest BCUT2D eigenvalue weighted by molar-refractivity contribution is 0.318. The summed E-state index contributed by atoms with van der Waals surface area (Å²) in [6, 6.07) is 13.9. The highest BCUT2D eigenvalue weighted by molar-refractivity contribution is 6.35. The number of aryl methyl sites for hydroxylation is 1. The summed E-state index contributed by atoms with van der Waals surface area (Å²) in [6.07, 6.45) is 2.12. The fourth-order valence-electron chi connectivity index (χ4n) is 2.83. The van der Waals surface area contributed by atoms with Gasteiger partial charge in [-0.2, -0.15) is 0 Å². The summed E-state index contributed by atoms with van der Waals surface area (Å²) >= 11 is 6.25. The van der Waals surface area contributed by atoms with E-state index in [1.54, 1.807) is 6.07 Å². The van der Waals surface area contributed by atoms with Crippen LogP contribution in [0.1, 0.15) is 17.5 Å². The minimum atomic E-state index is 0.0265. The molecule has 0 saturated heterocycles. The smallest absolute Gasteiger partial charge is 0.173 e. The van der Waals surface area contributed by atoms with E-state index >= 15 is 0 Å². The zero-order valence-electron chi connectivity index (χ0n) is 11.5. The second-order valence-electron chi connectivity index (χ2n) is 5.00. The van der Waals surface area contributed by atoms with Crippen molar-refractivity contribution in [3.63, 3.8) is 0 Å². The Hall–Kier alpha value is -2.20. The van der Waals surface area contributed by atoms with E-state index in [4.69, 9.17) is 22.5 Å². The zero-order valence-corrected chi connectivity index (χ0v) is 12.2. The van der Waals surface area contributed by atoms with Gasteiger partial charge in [0, 0.05) is 12.2 Å². The molecule has 0 bridgehead atoms. The summed E-state index contributed by atoms with van der Waals surface area (Å²) in [5, 5.41) is 12.6. The molecule has 0 aliphatic carbocycles. The normalized spacial score (nSPS) is 14.9. The maximum Gasteiger partial charge on any atom is 0.173 e. The molecule has 0 amide bonds. The Morgan fingerprint density at radius 2 is 1.90 bits per heavy atom. The molecule has 4 nitrogen and oxygen atoms in total. The molecule has 1 aliphatic rings. The van der Waals surface area contributed by atoms with E-state index in [1.165, 1.54) is 5.56 Å². The first-order chi connectivity index (χ1) is 10.2. The summed E-state index contributed by atoms with van der Waals surface area (Å²) in [5.74, 6) is 0.0265. The quantitative estimate of drug-likeness (QED) is 0.386.